The molecule has 3 rings (SSSR count). The van der Waals surface area contributed by atoms with E-state index in [0.717, 1.165) is 16.2 Å². The molecule has 0 aromatic carbocycles. The maximum absolute atomic E-state index is 5.17. The quantitative estimate of drug-likeness (QED) is 0.558. The van der Waals surface area contributed by atoms with Gasteiger partial charge < -0.3 is 10.6 Å². The van der Waals surface area contributed by atoms with Crippen molar-refractivity contribution >= 4 is 45.6 Å². The minimum Gasteiger partial charge on any atom is -0.359 e. The zero-order valence-electron chi connectivity index (χ0n) is 12.4. The van der Waals surface area contributed by atoms with Crippen LogP contribution in [-0.2, 0) is 0 Å². The number of rotatable bonds is 4. The summed E-state index contributed by atoms with van der Waals surface area (Å²) in [4.78, 5) is 17.8. The number of fused-ring (bicyclic) bond motifs is 1. The van der Waals surface area contributed by atoms with Gasteiger partial charge in [0.2, 0.25) is 0 Å². The highest BCUT2D eigenvalue weighted by atomic mass is 32.1. The van der Waals surface area contributed by atoms with E-state index in [2.05, 4.69) is 37.1 Å². The molecule has 0 spiro atoms. The molecule has 6 nitrogen and oxygen atoms in total. The Morgan fingerprint density at radius 1 is 1.35 bits per heavy atom. The Kier molecular flexibility index (Phi) is 4.54. The van der Waals surface area contributed by atoms with Crippen molar-refractivity contribution in [2.24, 2.45) is 0 Å². The van der Waals surface area contributed by atoms with Gasteiger partial charge in [-0.05, 0) is 31.3 Å². The minimum atomic E-state index is 0.483. The number of anilines is 1. The van der Waals surface area contributed by atoms with Gasteiger partial charge in [0.25, 0.3) is 0 Å². The molecular formula is C15H14N6S2. The second kappa shape index (κ2) is 6.76. The molecule has 116 valence electrons. The Bertz CT molecular complexity index is 873. The van der Waals surface area contributed by atoms with Crippen LogP contribution >= 0.6 is 23.6 Å². The van der Waals surface area contributed by atoms with Crippen LogP contribution in [-0.4, -0.2) is 31.6 Å². The fourth-order valence-electron chi connectivity index (χ4n) is 1.87. The molecule has 0 radical (unpaired) electrons. The zero-order valence-corrected chi connectivity index (χ0v) is 14.0. The molecular weight excluding hydrogens is 328 g/mol. The molecule has 0 aliphatic carbocycles. The third-order valence-electron chi connectivity index (χ3n) is 2.89. The molecule has 2 N–H and O–H groups in total. The Morgan fingerprint density at radius 3 is 2.96 bits per heavy atom. The number of nitrogens with zero attached hydrogens (tertiary/aromatic N) is 4. The Morgan fingerprint density at radius 2 is 2.22 bits per heavy atom. The molecule has 3 aromatic heterocycles. The number of aromatic nitrogens is 4. The second-order valence-electron chi connectivity index (χ2n) is 4.71. The topological polar surface area (TPSA) is 75.6 Å². The van der Waals surface area contributed by atoms with Crippen molar-refractivity contribution in [1.29, 1.82) is 0 Å². The highest BCUT2D eigenvalue weighted by molar-refractivity contribution is 7.80. The molecule has 0 atom stereocenters. The van der Waals surface area contributed by atoms with Gasteiger partial charge in [0.1, 0.15) is 22.0 Å². The van der Waals surface area contributed by atoms with Crippen molar-refractivity contribution < 1.29 is 0 Å². The van der Waals surface area contributed by atoms with Gasteiger partial charge in [0.15, 0.2) is 10.8 Å². The minimum absolute atomic E-state index is 0.483. The summed E-state index contributed by atoms with van der Waals surface area (Å²) in [5.41, 5.74) is 2.95. The molecule has 0 unspecified atom stereocenters. The van der Waals surface area contributed by atoms with E-state index < -0.39 is 0 Å². The van der Waals surface area contributed by atoms with Crippen LogP contribution in [0.1, 0.15) is 5.69 Å². The molecule has 0 saturated carbocycles. The van der Waals surface area contributed by atoms with Crippen molar-refractivity contribution in [3.05, 3.63) is 42.1 Å². The van der Waals surface area contributed by atoms with Crippen LogP contribution in [0.4, 0.5) is 5.82 Å². The number of hydrogen-bond donors (Lipinski definition) is 2. The Balaban J connectivity index is 1.88. The first-order valence-electron chi connectivity index (χ1n) is 6.88. The maximum atomic E-state index is 5.17. The predicted octanol–water partition coefficient (Wildman–Crippen LogP) is 2.93. The smallest absolute Gasteiger partial charge is 0.180 e. The lowest BCUT2D eigenvalue weighted by Crippen LogP contribution is -2.28. The first-order valence-corrected chi connectivity index (χ1v) is 8.16. The van der Waals surface area contributed by atoms with Gasteiger partial charge in [0.05, 0.1) is 6.20 Å². The molecule has 8 heteroatoms. The standard InChI is InChI=1S/C15H14N6S2/c1-3-6-16-15(22)21-12-5-4-10-13(20-12)19-11(7-17-10)14-18-9(2)8-23-14/h3-5,7-8H,1,6H2,2H3,(H2,16,19,20,21,22). The van der Waals surface area contributed by atoms with Crippen molar-refractivity contribution in [3.8, 4) is 10.7 Å². The summed E-state index contributed by atoms with van der Waals surface area (Å²) in [6.45, 7) is 6.17. The Hall–Kier alpha value is -2.45. The molecule has 0 aliphatic heterocycles. The first-order chi connectivity index (χ1) is 11.2. The van der Waals surface area contributed by atoms with Gasteiger partial charge in [-0.15, -0.1) is 17.9 Å². The zero-order chi connectivity index (χ0) is 16.2. The summed E-state index contributed by atoms with van der Waals surface area (Å²) < 4.78 is 0. The van der Waals surface area contributed by atoms with E-state index in [-0.39, 0.29) is 0 Å². The van der Waals surface area contributed by atoms with Crippen molar-refractivity contribution in [2.75, 3.05) is 11.9 Å². The van der Waals surface area contributed by atoms with Gasteiger partial charge in [-0.3, -0.25) is 4.98 Å². The number of thiocarbonyl (C=S) groups is 1. The van der Waals surface area contributed by atoms with E-state index in [4.69, 9.17) is 12.2 Å². The monoisotopic (exact) mass is 342 g/mol. The fraction of sp³-hybridized carbons (Fsp3) is 0.133. The van der Waals surface area contributed by atoms with Gasteiger partial charge >= 0.3 is 0 Å². The molecule has 3 aromatic rings. The summed E-state index contributed by atoms with van der Waals surface area (Å²) >= 11 is 6.71. The third kappa shape index (κ3) is 3.66. The van der Waals surface area contributed by atoms with Crippen LogP contribution in [0.15, 0.2) is 36.4 Å². The average Bonchev–Trinajstić information content (AvgIpc) is 2.99. The van der Waals surface area contributed by atoms with Gasteiger partial charge in [-0.1, -0.05) is 6.08 Å². The largest absolute Gasteiger partial charge is 0.359 e. The number of nitrogens with one attached hydrogen (secondary N) is 2. The SMILES string of the molecule is C=CCNC(=S)Nc1ccc2ncc(-c3nc(C)cs3)nc2n1. The fourth-order valence-corrected chi connectivity index (χ4v) is 2.81. The molecule has 0 aliphatic rings. The summed E-state index contributed by atoms with van der Waals surface area (Å²) in [6.07, 6.45) is 3.45. The van der Waals surface area contributed by atoms with E-state index in [1.165, 1.54) is 11.3 Å². The van der Waals surface area contributed by atoms with E-state index >= 15 is 0 Å². The number of thiazole rings is 1. The van der Waals surface area contributed by atoms with Crippen LogP contribution in [0, 0.1) is 6.92 Å². The highest BCUT2D eigenvalue weighted by Gasteiger charge is 2.08. The third-order valence-corrected chi connectivity index (χ3v) is 4.12. The van der Waals surface area contributed by atoms with E-state index in [0.29, 0.717) is 28.8 Å². The van der Waals surface area contributed by atoms with Gasteiger partial charge in [0, 0.05) is 17.6 Å². The lowest BCUT2D eigenvalue weighted by Gasteiger charge is -2.08. The summed E-state index contributed by atoms with van der Waals surface area (Å²) in [5, 5.41) is 9.30. The molecule has 0 amide bonds. The summed E-state index contributed by atoms with van der Waals surface area (Å²) in [6, 6.07) is 3.66. The van der Waals surface area contributed by atoms with Gasteiger partial charge in [-0.2, -0.15) is 0 Å². The average molecular weight is 342 g/mol. The Labute approximate surface area is 142 Å². The van der Waals surface area contributed by atoms with Crippen molar-refractivity contribution in [1.82, 2.24) is 25.3 Å². The molecule has 0 saturated heterocycles. The van der Waals surface area contributed by atoms with Crippen LogP contribution in [0.5, 0.6) is 0 Å². The van der Waals surface area contributed by atoms with E-state index in [1.54, 1.807) is 12.3 Å². The summed E-state index contributed by atoms with van der Waals surface area (Å²) in [5.74, 6) is 0.612. The van der Waals surface area contributed by atoms with E-state index in [9.17, 15) is 0 Å². The van der Waals surface area contributed by atoms with Crippen molar-refractivity contribution in [3.63, 3.8) is 0 Å². The lowest BCUT2D eigenvalue weighted by atomic mass is 10.3. The van der Waals surface area contributed by atoms with Crippen molar-refractivity contribution in [2.45, 2.75) is 6.92 Å². The molecule has 3 heterocycles. The highest BCUT2D eigenvalue weighted by Crippen LogP contribution is 2.22. The van der Waals surface area contributed by atoms with Gasteiger partial charge in [-0.25, -0.2) is 15.0 Å². The van der Waals surface area contributed by atoms with E-state index in [1.807, 2.05) is 24.4 Å². The molecule has 0 bridgehead atoms. The number of hydrogen-bond acceptors (Lipinski definition) is 6. The van der Waals surface area contributed by atoms with Crippen LogP contribution in [0.2, 0.25) is 0 Å². The van der Waals surface area contributed by atoms with Crippen LogP contribution < -0.4 is 10.6 Å². The molecule has 0 fully saturated rings. The number of aryl methyl sites for hydroxylation is 1. The second-order valence-corrected chi connectivity index (χ2v) is 5.98. The number of pyridine rings is 1. The van der Waals surface area contributed by atoms with Crippen LogP contribution in [0.3, 0.4) is 0 Å². The normalized spacial score (nSPS) is 10.5. The lowest BCUT2D eigenvalue weighted by molar-refractivity contribution is 1.06. The first kappa shape index (κ1) is 15.4. The molecule has 23 heavy (non-hydrogen) atoms. The van der Waals surface area contributed by atoms with Crippen LogP contribution in [0.25, 0.3) is 21.9 Å². The maximum Gasteiger partial charge on any atom is 0.180 e. The summed E-state index contributed by atoms with van der Waals surface area (Å²) in [7, 11) is 0. The predicted molar refractivity (Wildman–Crippen MR) is 97.6 cm³/mol.